The summed E-state index contributed by atoms with van der Waals surface area (Å²) in [4.78, 5) is 18.9. The van der Waals surface area contributed by atoms with Gasteiger partial charge in [-0.1, -0.05) is 12.1 Å². The zero-order chi connectivity index (χ0) is 26.6. The van der Waals surface area contributed by atoms with Gasteiger partial charge in [0.15, 0.2) is 5.52 Å². The number of nitro benzene ring substituents is 1. The molecule has 6 aromatic rings. The molecular formula is C28H18N8O2. The van der Waals surface area contributed by atoms with Crippen molar-refractivity contribution in [2.45, 2.75) is 0 Å². The van der Waals surface area contributed by atoms with Crippen molar-refractivity contribution >= 4 is 33.4 Å². The highest BCUT2D eigenvalue weighted by molar-refractivity contribution is 5.88. The molecule has 4 aromatic carbocycles. The van der Waals surface area contributed by atoms with Gasteiger partial charge in [-0.25, -0.2) is 9.97 Å². The van der Waals surface area contributed by atoms with Crippen LogP contribution in [-0.4, -0.2) is 24.0 Å². The number of imidazole rings is 2. The first-order valence-corrected chi connectivity index (χ1v) is 11.3. The van der Waals surface area contributed by atoms with E-state index in [0.29, 0.717) is 27.8 Å². The lowest BCUT2D eigenvalue weighted by molar-refractivity contribution is -0.383. The zero-order valence-corrected chi connectivity index (χ0v) is 19.8. The van der Waals surface area contributed by atoms with E-state index < -0.39 is 4.92 Å². The van der Waals surface area contributed by atoms with Gasteiger partial charge in [0.05, 0.1) is 44.9 Å². The number of anilines is 1. The van der Waals surface area contributed by atoms with Crippen molar-refractivity contribution in [2.24, 2.45) is 0 Å². The molecular weight excluding hydrogens is 480 g/mol. The number of nitrogen functional groups attached to an aromatic ring is 1. The molecule has 0 unspecified atom stereocenters. The summed E-state index contributed by atoms with van der Waals surface area (Å²) in [5.74, 6) is 0. The molecule has 0 radical (unpaired) electrons. The number of para-hydroxylation sites is 2. The first kappa shape index (κ1) is 23.7. The van der Waals surface area contributed by atoms with Crippen LogP contribution in [0.25, 0.3) is 33.4 Å². The molecule has 0 aliphatic heterocycles. The number of hydrogen-bond acceptors (Lipinski definition) is 7. The monoisotopic (exact) mass is 498 g/mol. The number of non-ortho nitro benzene ring substituents is 1. The summed E-state index contributed by atoms with van der Waals surface area (Å²) in [6, 6.07) is 29.0. The van der Waals surface area contributed by atoms with Crippen molar-refractivity contribution in [1.82, 2.24) is 19.1 Å². The Kier molecular flexibility index (Phi) is 6.20. The number of benzene rings is 4. The fourth-order valence-electron chi connectivity index (χ4n) is 4.04. The molecule has 0 spiro atoms. The van der Waals surface area contributed by atoms with Crippen LogP contribution in [0.15, 0.2) is 97.6 Å². The molecule has 182 valence electrons. The van der Waals surface area contributed by atoms with Crippen LogP contribution in [0, 0.1) is 32.8 Å². The van der Waals surface area contributed by atoms with Gasteiger partial charge in [-0.15, -0.1) is 0 Å². The standard InChI is InChI=1S/C14H8N4O2.C14H10N4/c15-8-10-4-6-11(7-5-10)17-9-16-14-12(17)2-1-3-13(14)18(19)20;15-8-10-4-6-11(7-5-10)18-9-17-14-12(16)2-1-3-13(14)18/h1-7,9H;1-7,9H,16H2. The molecule has 0 aliphatic carbocycles. The zero-order valence-electron chi connectivity index (χ0n) is 19.8. The third kappa shape index (κ3) is 4.37. The highest BCUT2D eigenvalue weighted by atomic mass is 16.6. The summed E-state index contributed by atoms with van der Waals surface area (Å²) in [5.41, 5.74) is 12.2. The second kappa shape index (κ2) is 9.93. The Morgan fingerprint density at radius 1 is 0.711 bits per heavy atom. The minimum atomic E-state index is -0.446. The third-order valence-corrected chi connectivity index (χ3v) is 5.91. The highest BCUT2D eigenvalue weighted by Gasteiger charge is 2.16. The topological polar surface area (TPSA) is 152 Å². The summed E-state index contributed by atoms with van der Waals surface area (Å²) in [6.07, 6.45) is 3.28. The summed E-state index contributed by atoms with van der Waals surface area (Å²) in [6.45, 7) is 0. The molecule has 0 amide bonds. The lowest BCUT2D eigenvalue weighted by atomic mass is 10.2. The molecule has 2 heterocycles. The maximum atomic E-state index is 11.0. The second-order valence-electron chi connectivity index (χ2n) is 8.16. The van der Waals surface area contributed by atoms with Crippen LogP contribution in [0.3, 0.4) is 0 Å². The first-order chi connectivity index (χ1) is 18.5. The fraction of sp³-hybridized carbons (Fsp3) is 0. The Labute approximate surface area is 216 Å². The molecule has 10 nitrogen and oxygen atoms in total. The lowest BCUT2D eigenvalue weighted by Gasteiger charge is -2.04. The van der Waals surface area contributed by atoms with Crippen LogP contribution in [0.5, 0.6) is 0 Å². The van der Waals surface area contributed by atoms with Gasteiger partial charge < -0.3 is 5.73 Å². The summed E-state index contributed by atoms with van der Waals surface area (Å²) in [5, 5.41) is 28.5. The Morgan fingerprint density at radius 2 is 1.18 bits per heavy atom. The predicted molar refractivity (Wildman–Crippen MR) is 143 cm³/mol. The molecule has 0 saturated carbocycles. The quantitative estimate of drug-likeness (QED) is 0.198. The molecule has 38 heavy (non-hydrogen) atoms. The minimum absolute atomic E-state index is 0.0186. The largest absolute Gasteiger partial charge is 0.397 e. The second-order valence-corrected chi connectivity index (χ2v) is 8.16. The molecule has 2 N–H and O–H groups in total. The average Bonchev–Trinajstić information content (AvgIpc) is 3.59. The number of nitriles is 2. The van der Waals surface area contributed by atoms with Gasteiger partial charge in [0.2, 0.25) is 0 Å². The van der Waals surface area contributed by atoms with Crippen LogP contribution >= 0.6 is 0 Å². The molecule has 0 saturated heterocycles. The van der Waals surface area contributed by atoms with Crippen molar-refractivity contribution in [1.29, 1.82) is 10.5 Å². The van der Waals surface area contributed by atoms with Crippen molar-refractivity contribution in [2.75, 3.05) is 5.73 Å². The molecule has 0 bridgehead atoms. The Hall–Kier alpha value is -6.00. The average molecular weight is 499 g/mol. The van der Waals surface area contributed by atoms with Gasteiger partial charge in [-0.05, 0) is 66.7 Å². The number of nitrogens with two attached hydrogens (primary N) is 1. The van der Waals surface area contributed by atoms with Gasteiger partial charge >= 0.3 is 0 Å². The number of rotatable bonds is 3. The molecule has 0 fully saturated rings. The van der Waals surface area contributed by atoms with Gasteiger partial charge in [0, 0.05) is 17.4 Å². The predicted octanol–water partition coefficient (Wildman–Crippen LogP) is 5.28. The van der Waals surface area contributed by atoms with Crippen LogP contribution in [0.1, 0.15) is 11.1 Å². The van der Waals surface area contributed by atoms with Crippen LogP contribution in [0.2, 0.25) is 0 Å². The van der Waals surface area contributed by atoms with Crippen LogP contribution < -0.4 is 5.73 Å². The van der Waals surface area contributed by atoms with E-state index >= 15 is 0 Å². The van der Waals surface area contributed by atoms with Gasteiger partial charge in [-0.3, -0.25) is 19.2 Å². The molecule has 2 aromatic heterocycles. The smallest absolute Gasteiger partial charge is 0.297 e. The lowest BCUT2D eigenvalue weighted by Crippen LogP contribution is -1.93. The van der Waals surface area contributed by atoms with E-state index in [1.54, 1.807) is 65.8 Å². The molecule has 10 heteroatoms. The number of aromatic nitrogens is 4. The van der Waals surface area contributed by atoms with Gasteiger partial charge in [-0.2, -0.15) is 10.5 Å². The third-order valence-electron chi connectivity index (χ3n) is 5.91. The molecule has 6 rings (SSSR count). The summed E-state index contributed by atoms with van der Waals surface area (Å²) < 4.78 is 3.70. The van der Waals surface area contributed by atoms with E-state index in [4.69, 9.17) is 16.3 Å². The number of fused-ring (bicyclic) bond motifs is 2. The van der Waals surface area contributed by atoms with E-state index in [1.807, 2.05) is 41.0 Å². The number of nitro groups is 1. The Balaban J connectivity index is 0.000000156. The minimum Gasteiger partial charge on any atom is -0.397 e. The number of nitrogens with zero attached hydrogens (tertiary/aromatic N) is 7. The molecule has 0 aliphatic rings. The SMILES string of the molecule is N#Cc1ccc(-n2cnc3c(N)cccc32)cc1.N#Cc1ccc(-n2cnc3c([N+](=O)[O-])cccc32)cc1. The van der Waals surface area contributed by atoms with E-state index in [-0.39, 0.29) is 5.69 Å². The van der Waals surface area contributed by atoms with E-state index in [0.717, 1.165) is 22.4 Å². The number of hydrogen-bond donors (Lipinski definition) is 1. The molecule has 0 atom stereocenters. The van der Waals surface area contributed by atoms with Crippen LogP contribution in [-0.2, 0) is 0 Å². The van der Waals surface area contributed by atoms with Crippen molar-refractivity contribution < 1.29 is 4.92 Å². The highest BCUT2D eigenvalue weighted by Crippen LogP contribution is 2.26. The van der Waals surface area contributed by atoms with E-state index in [2.05, 4.69) is 16.0 Å². The van der Waals surface area contributed by atoms with Crippen molar-refractivity contribution in [3.63, 3.8) is 0 Å². The normalized spacial score (nSPS) is 10.4. The van der Waals surface area contributed by atoms with E-state index in [9.17, 15) is 10.1 Å². The summed E-state index contributed by atoms with van der Waals surface area (Å²) in [7, 11) is 0. The van der Waals surface area contributed by atoms with Gasteiger partial charge in [0.1, 0.15) is 18.2 Å². The Morgan fingerprint density at radius 3 is 1.68 bits per heavy atom. The van der Waals surface area contributed by atoms with Crippen molar-refractivity contribution in [3.8, 4) is 23.5 Å². The fourth-order valence-corrected chi connectivity index (χ4v) is 4.04. The first-order valence-electron chi connectivity index (χ1n) is 11.3. The summed E-state index contributed by atoms with van der Waals surface area (Å²) >= 11 is 0. The maximum Gasteiger partial charge on any atom is 0.297 e. The van der Waals surface area contributed by atoms with Crippen LogP contribution in [0.4, 0.5) is 11.4 Å². The maximum absolute atomic E-state index is 11.0. The van der Waals surface area contributed by atoms with Gasteiger partial charge in [0.25, 0.3) is 5.69 Å². The van der Waals surface area contributed by atoms with E-state index in [1.165, 1.54) is 6.07 Å². The van der Waals surface area contributed by atoms with Crippen molar-refractivity contribution in [3.05, 3.63) is 119 Å². The Bertz CT molecular complexity index is 1870.